The molecule has 2 rings (SSSR count). The number of methoxy groups -OCH3 is 1. The number of carbonyl (C=O) groups excluding carboxylic acids is 2. The lowest BCUT2D eigenvalue weighted by molar-refractivity contribution is 0.0913. The Morgan fingerprint density at radius 3 is 2.62 bits per heavy atom. The molecule has 0 amide bonds. The Labute approximate surface area is 121 Å². The lowest BCUT2D eigenvalue weighted by Crippen LogP contribution is -2.08. The molecule has 0 aliphatic rings. The largest absolute Gasteiger partial charge is 0.494 e. The number of halogens is 1. The molecule has 0 saturated carbocycles. The summed E-state index contributed by atoms with van der Waals surface area (Å²) in [5, 5.41) is 0. The fourth-order valence-electron chi connectivity index (χ4n) is 1.92. The van der Waals surface area contributed by atoms with Crippen molar-refractivity contribution in [2.75, 3.05) is 7.11 Å². The number of carbonyl (C=O) groups is 2. The van der Waals surface area contributed by atoms with Gasteiger partial charge in [-0.25, -0.2) is 9.37 Å². The minimum atomic E-state index is -0.474. The smallest absolute Gasteiger partial charge is 0.185 e. The molecule has 0 fully saturated rings. The lowest BCUT2D eigenvalue weighted by atomic mass is 10.0. The molecule has 21 heavy (non-hydrogen) atoms. The molecule has 2 aromatic rings. The molecule has 1 aromatic heterocycles. The predicted molar refractivity (Wildman–Crippen MR) is 75.1 cm³/mol. The highest BCUT2D eigenvalue weighted by Gasteiger charge is 2.16. The van der Waals surface area contributed by atoms with E-state index in [1.807, 2.05) is 0 Å². The third-order valence-corrected chi connectivity index (χ3v) is 2.98. The van der Waals surface area contributed by atoms with Gasteiger partial charge in [0.15, 0.2) is 11.6 Å². The van der Waals surface area contributed by atoms with E-state index in [-0.39, 0.29) is 35.7 Å². The molecule has 5 heteroatoms. The summed E-state index contributed by atoms with van der Waals surface area (Å²) in [6.07, 6.45) is 1.49. The first kappa shape index (κ1) is 14.8. The van der Waals surface area contributed by atoms with Crippen molar-refractivity contribution in [3.05, 3.63) is 59.7 Å². The molecule has 0 aliphatic heterocycles. The number of hydrogen-bond donors (Lipinski definition) is 0. The van der Waals surface area contributed by atoms with Crippen LogP contribution in [0.15, 0.2) is 42.6 Å². The average Bonchev–Trinajstić information content (AvgIpc) is 2.52. The van der Waals surface area contributed by atoms with Gasteiger partial charge >= 0.3 is 0 Å². The minimum Gasteiger partial charge on any atom is -0.494 e. The van der Waals surface area contributed by atoms with Crippen LogP contribution in [0.25, 0.3) is 0 Å². The van der Waals surface area contributed by atoms with Gasteiger partial charge in [0.2, 0.25) is 0 Å². The van der Waals surface area contributed by atoms with Gasteiger partial charge in [0.1, 0.15) is 17.3 Å². The van der Waals surface area contributed by atoms with Gasteiger partial charge in [-0.2, -0.15) is 0 Å². The van der Waals surface area contributed by atoms with Crippen LogP contribution in [0.4, 0.5) is 4.39 Å². The molecule has 0 atom stereocenters. The summed E-state index contributed by atoms with van der Waals surface area (Å²) in [5.41, 5.74) is 0.461. The molecular weight excluding hydrogens is 273 g/mol. The van der Waals surface area contributed by atoms with E-state index >= 15 is 0 Å². The van der Waals surface area contributed by atoms with Gasteiger partial charge in [-0.1, -0.05) is 12.1 Å². The van der Waals surface area contributed by atoms with E-state index in [2.05, 4.69) is 4.98 Å². The second-order valence-corrected chi connectivity index (χ2v) is 4.41. The van der Waals surface area contributed by atoms with Crippen LogP contribution in [0.5, 0.6) is 5.75 Å². The number of nitrogens with zero attached hydrogens (tertiary/aromatic N) is 1. The Bertz CT molecular complexity index is 670. The molecule has 108 valence electrons. The molecule has 1 aromatic carbocycles. The number of Topliss-reactive ketones (excluding diaryl/α,β-unsaturated/α-hetero) is 2. The molecule has 0 spiro atoms. The Hall–Kier alpha value is -2.56. The zero-order valence-corrected chi connectivity index (χ0v) is 11.5. The van der Waals surface area contributed by atoms with Crippen LogP contribution in [0.3, 0.4) is 0 Å². The van der Waals surface area contributed by atoms with Crippen molar-refractivity contribution >= 4 is 11.6 Å². The van der Waals surface area contributed by atoms with E-state index < -0.39 is 5.82 Å². The van der Waals surface area contributed by atoms with Gasteiger partial charge in [0, 0.05) is 24.6 Å². The van der Waals surface area contributed by atoms with Crippen molar-refractivity contribution in [2.45, 2.75) is 12.8 Å². The maximum Gasteiger partial charge on any atom is 0.185 e. The molecule has 0 bridgehead atoms. The monoisotopic (exact) mass is 287 g/mol. The van der Waals surface area contributed by atoms with Crippen molar-refractivity contribution < 1.29 is 18.7 Å². The zero-order chi connectivity index (χ0) is 15.2. The van der Waals surface area contributed by atoms with Gasteiger partial charge in [-0.15, -0.1) is 0 Å². The second-order valence-electron chi connectivity index (χ2n) is 4.41. The van der Waals surface area contributed by atoms with Crippen LogP contribution in [0.1, 0.15) is 33.7 Å². The molecule has 0 aliphatic carbocycles. The molecule has 0 unspecified atom stereocenters. The van der Waals surface area contributed by atoms with Gasteiger partial charge in [-0.3, -0.25) is 9.59 Å². The van der Waals surface area contributed by atoms with Crippen LogP contribution in [-0.4, -0.2) is 23.7 Å². The van der Waals surface area contributed by atoms with Crippen molar-refractivity contribution in [1.82, 2.24) is 4.98 Å². The highest BCUT2D eigenvalue weighted by atomic mass is 19.1. The van der Waals surface area contributed by atoms with Gasteiger partial charge in [0.25, 0.3) is 0 Å². The van der Waals surface area contributed by atoms with Crippen molar-refractivity contribution in [3.63, 3.8) is 0 Å². The summed E-state index contributed by atoms with van der Waals surface area (Å²) in [4.78, 5) is 27.9. The van der Waals surface area contributed by atoms with E-state index in [0.29, 0.717) is 5.75 Å². The highest BCUT2D eigenvalue weighted by Crippen LogP contribution is 2.17. The first-order chi connectivity index (χ1) is 10.1. The predicted octanol–water partition coefficient (Wildman–Crippen LogP) is 3.08. The normalized spacial score (nSPS) is 10.2. The van der Waals surface area contributed by atoms with Crippen LogP contribution in [-0.2, 0) is 0 Å². The molecule has 0 N–H and O–H groups in total. The van der Waals surface area contributed by atoms with Crippen molar-refractivity contribution in [1.29, 1.82) is 0 Å². The van der Waals surface area contributed by atoms with Gasteiger partial charge < -0.3 is 4.74 Å². The number of rotatable bonds is 6. The van der Waals surface area contributed by atoms with Crippen LogP contribution >= 0.6 is 0 Å². The van der Waals surface area contributed by atoms with Crippen molar-refractivity contribution in [2.24, 2.45) is 0 Å². The third-order valence-electron chi connectivity index (χ3n) is 2.98. The maximum absolute atomic E-state index is 13.0. The summed E-state index contributed by atoms with van der Waals surface area (Å²) in [6, 6.07) is 8.71. The summed E-state index contributed by atoms with van der Waals surface area (Å²) >= 11 is 0. The molecule has 4 nitrogen and oxygen atoms in total. The van der Waals surface area contributed by atoms with E-state index in [4.69, 9.17) is 4.74 Å². The average molecular weight is 287 g/mol. The second kappa shape index (κ2) is 6.74. The molecule has 0 radical (unpaired) electrons. The maximum atomic E-state index is 13.0. The lowest BCUT2D eigenvalue weighted by Gasteiger charge is -2.06. The summed E-state index contributed by atoms with van der Waals surface area (Å²) in [7, 11) is 1.45. The number of pyridine rings is 1. The standard InChI is InChI=1S/C16H14FNO3/c1-21-15-6-3-9-18-16(15)14(20)8-7-13(19)11-4-2-5-12(17)10-11/h2-6,9-10H,7-8H2,1H3. The van der Waals surface area contributed by atoms with Crippen LogP contribution in [0.2, 0.25) is 0 Å². The molecule has 1 heterocycles. The quantitative estimate of drug-likeness (QED) is 0.766. The third kappa shape index (κ3) is 3.72. The van der Waals surface area contributed by atoms with Crippen LogP contribution < -0.4 is 4.74 Å². The van der Waals surface area contributed by atoms with E-state index in [1.54, 1.807) is 12.1 Å². The minimum absolute atomic E-state index is 0.00200. The number of ketones is 2. The number of hydrogen-bond acceptors (Lipinski definition) is 4. The Morgan fingerprint density at radius 2 is 1.90 bits per heavy atom. The summed E-state index contributed by atoms with van der Waals surface area (Å²) in [6.45, 7) is 0. The first-order valence-corrected chi connectivity index (χ1v) is 6.43. The number of ether oxygens (including phenoxy) is 1. The fourth-order valence-corrected chi connectivity index (χ4v) is 1.92. The first-order valence-electron chi connectivity index (χ1n) is 6.43. The van der Waals surface area contributed by atoms with E-state index in [9.17, 15) is 14.0 Å². The van der Waals surface area contributed by atoms with Crippen LogP contribution in [0, 0.1) is 5.82 Å². The van der Waals surface area contributed by atoms with E-state index in [1.165, 1.54) is 31.5 Å². The Kier molecular flexibility index (Phi) is 4.77. The SMILES string of the molecule is COc1cccnc1C(=O)CCC(=O)c1cccc(F)c1. The Morgan fingerprint density at radius 1 is 1.14 bits per heavy atom. The van der Waals surface area contributed by atoms with Gasteiger partial charge in [-0.05, 0) is 24.3 Å². The fraction of sp³-hybridized carbons (Fsp3) is 0.188. The number of benzene rings is 1. The topological polar surface area (TPSA) is 56.3 Å². The van der Waals surface area contributed by atoms with Gasteiger partial charge in [0.05, 0.1) is 7.11 Å². The summed E-state index contributed by atoms with van der Waals surface area (Å²) in [5.74, 6) is -0.658. The highest BCUT2D eigenvalue weighted by molar-refractivity contribution is 6.02. The number of aromatic nitrogens is 1. The molecule has 0 saturated heterocycles. The zero-order valence-electron chi connectivity index (χ0n) is 11.5. The van der Waals surface area contributed by atoms with Crippen molar-refractivity contribution in [3.8, 4) is 5.75 Å². The summed E-state index contributed by atoms with van der Waals surface area (Å²) < 4.78 is 18.1. The Balaban J connectivity index is 2.02. The van der Waals surface area contributed by atoms with E-state index in [0.717, 1.165) is 6.07 Å². The molecular formula is C16H14FNO3.